The minimum absolute atomic E-state index is 1.19. The van der Waals surface area contributed by atoms with E-state index in [0.29, 0.717) is 0 Å². The first-order valence-corrected chi connectivity index (χ1v) is 5.71. The van der Waals surface area contributed by atoms with Crippen LogP contribution in [0.15, 0.2) is 18.5 Å². The Morgan fingerprint density at radius 1 is 1.20 bits per heavy atom. The SMILES string of the molecule is C#N.CCCCCCCn1ccc(C)c1. The molecule has 0 bridgehead atoms. The van der Waals surface area contributed by atoms with Gasteiger partial charge < -0.3 is 4.57 Å². The highest BCUT2D eigenvalue weighted by Crippen LogP contribution is 2.05. The number of rotatable bonds is 6. The predicted molar refractivity (Wildman–Crippen MR) is 64.6 cm³/mol. The van der Waals surface area contributed by atoms with Gasteiger partial charge in [-0.05, 0) is 25.0 Å². The van der Waals surface area contributed by atoms with Crippen molar-refractivity contribution in [3.63, 3.8) is 0 Å². The maximum atomic E-state index is 6.50. The van der Waals surface area contributed by atoms with E-state index in [2.05, 4.69) is 43.4 Å². The Bertz CT molecular complexity index is 260. The quantitative estimate of drug-likeness (QED) is 0.649. The molecule has 15 heavy (non-hydrogen) atoms. The van der Waals surface area contributed by atoms with Crippen molar-refractivity contribution in [2.45, 2.75) is 52.5 Å². The molecule has 0 aliphatic carbocycles. The summed E-state index contributed by atoms with van der Waals surface area (Å²) in [7, 11) is 0. The lowest BCUT2D eigenvalue weighted by Gasteiger charge is -2.01. The van der Waals surface area contributed by atoms with E-state index in [-0.39, 0.29) is 0 Å². The first-order valence-electron chi connectivity index (χ1n) is 5.71. The molecular weight excluding hydrogens is 184 g/mol. The van der Waals surface area contributed by atoms with Crippen molar-refractivity contribution in [2.75, 3.05) is 0 Å². The average Bonchev–Trinajstić information content (AvgIpc) is 2.67. The second kappa shape index (κ2) is 9.33. The third-order valence-electron chi connectivity index (χ3n) is 2.42. The van der Waals surface area contributed by atoms with E-state index < -0.39 is 0 Å². The summed E-state index contributed by atoms with van der Waals surface area (Å²) in [5.74, 6) is 0. The van der Waals surface area contributed by atoms with Gasteiger partial charge in [0.1, 0.15) is 0 Å². The molecule has 0 spiro atoms. The molecule has 1 heterocycles. The minimum atomic E-state index is 1.19. The average molecular weight is 206 g/mol. The highest BCUT2D eigenvalue weighted by atomic mass is 14.9. The molecule has 0 atom stereocenters. The molecule has 84 valence electrons. The number of nitrogens with zero attached hydrogens (tertiary/aromatic N) is 2. The van der Waals surface area contributed by atoms with Gasteiger partial charge in [0.05, 0.1) is 0 Å². The zero-order chi connectivity index (χ0) is 11.5. The van der Waals surface area contributed by atoms with Crippen LogP contribution in [-0.4, -0.2) is 4.57 Å². The third-order valence-corrected chi connectivity index (χ3v) is 2.42. The molecule has 2 nitrogen and oxygen atoms in total. The maximum Gasteiger partial charge on any atom is 0.0462 e. The van der Waals surface area contributed by atoms with Crippen molar-refractivity contribution in [3.8, 4) is 6.57 Å². The van der Waals surface area contributed by atoms with Crippen molar-refractivity contribution in [1.29, 1.82) is 5.26 Å². The van der Waals surface area contributed by atoms with Crippen LogP contribution in [0.2, 0.25) is 0 Å². The van der Waals surface area contributed by atoms with Gasteiger partial charge in [-0.15, -0.1) is 0 Å². The zero-order valence-corrected chi connectivity index (χ0v) is 9.95. The van der Waals surface area contributed by atoms with Crippen molar-refractivity contribution in [3.05, 3.63) is 24.0 Å². The summed E-state index contributed by atoms with van der Waals surface area (Å²) in [4.78, 5) is 0. The molecule has 1 aromatic heterocycles. The topological polar surface area (TPSA) is 28.7 Å². The number of aryl methyl sites for hydroxylation is 2. The van der Waals surface area contributed by atoms with Gasteiger partial charge in [0.2, 0.25) is 0 Å². The molecule has 0 fully saturated rings. The van der Waals surface area contributed by atoms with Crippen LogP contribution in [0, 0.1) is 18.8 Å². The highest BCUT2D eigenvalue weighted by Gasteiger charge is 1.92. The molecular formula is C13H22N2. The Morgan fingerprint density at radius 2 is 1.87 bits per heavy atom. The molecule has 0 N–H and O–H groups in total. The lowest BCUT2D eigenvalue weighted by atomic mass is 10.1. The normalized spacial score (nSPS) is 9.33. The fourth-order valence-electron chi connectivity index (χ4n) is 1.60. The largest absolute Gasteiger partial charge is 0.354 e. The number of aromatic nitrogens is 1. The maximum absolute atomic E-state index is 6.50. The van der Waals surface area contributed by atoms with Crippen molar-refractivity contribution >= 4 is 0 Å². The van der Waals surface area contributed by atoms with Crippen molar-refractivity contribution in [1.82, 2.24) is 4.57 Å². The molecule has 0 aliphatic rings. The van der Waals surface area contributed by atoms with Gasteiger partial charge in [-0.1, -0.05) is 32.6 Å². The molecule has 1 aromatic rings. The van der Waals surface area contributed by atoms with E-state index >= 15 is 0 Å². The fraction of sp³-hybridized carbons (Fsp3) is 0.615. The van der Waals surface area contributed by atoms with E-state index in [0.717, 1.165) is 0 Å². The smallest absolute Gasteiger partial charge is 0.0462 e. The van der Waals surface area contributed by atoms with E-state index in [4.69, 9.17) is 5.26 Å². The fourth-order valence-corrected chi connectivity index (χ4v) is 1.60. The molecule has 0 aromatic carbocycles. The molecule has 0 aliphatic heterocycles. The lowest BCUT2D eigenvalue weighted by molar-refractivity contribution is 0.569. The standard InChI is InChI=1S/C12H21N.CHN/c1-3-4-5-6-7-9-13-10-8-12(2)11-13;1-2/h8,10-11H,3-7,9H2,1-2H3;1H. The monoisotopic (exact) mass is 206 g/mol. The van der Waals surface area contributed by atoms with Gasteiger partial charge >= 0.3 is 0 Å². The summed E-state index contributed by atoms with van der Waals surface area (Å²) in [5, 5.41) is 6.50. The van der Waals surface area contributed by atoms with E-state index in [9.17, 15) is 0 Å². The summed E-state index contributed by atoms with van der Waals surface area (Å²) in [6.07, 6.45) is 11.2. The Balaban J connectivity index is 0.000000921. The van der Waals surface area contributed by atoms with Gasteiger partial charge in [-0.3, -0.25) is 0 Å². The summed E-state index contributed by atoms with van der Waals surface area (Å²) in [5.41, 5.74) is 1.37. The van der Waals surface area contributed by atoms with Crippen LogP contribution in [0.5, 0.6) is 0 Å². The van der Waals surface area contributed by atoms with Crippen molar-refractivity contribution in [2.24, 2.45) is 0 Å². The number of unbranched alkanes of at least 4 members (excludes halogenated alkanes) is 4. The van der Waals surface area contributed by atoms with Gasteiger partial charge in [0, 0.05) is 25.5 Å². The van der Waals surface area contributed by atoms with Crippen LogP contribution in [-0.2, 0) is 6.54 Å². The predicted octanol–water partition coefficient (Wildman–Crippen LogP) is 3.91. The third kappa shape index (κ3) is 6.79. The second-order valence-electron chi connectivity index (χ2n) is 3.84. The van der Waals surface area contributed by atoms with E-state index in [1.165, 1.54) is 44.2 Å². The van der Waals surface area contributed by atoms with Crippen LogP contribution in [0.3, 0.4) is 0 Å². The molecule has 0 unspecified atom stereocenters. The van der Waals surface area contributed by atoms with E-state index in [1.54, 1.807) is 0 Å². The Labute approximate surface area is 93.5 Å². The first-order chi connectivity index (χ1) is 7.33. The summed E-state index contributed by atoms with van der Waals surface area (Å²) in [6, 6.07) is 2.17. The first kappa shape index (κ1) is 13.8. The van der Waals surface area contributed by atoms with Crippen LogP contribution in [0.25, 0.3) is 0 Å². The molecule has 0 radical (unpaired) electrons. The molecule has 0 saturated heterocycles. The number of nitriles is 1. The van der Waals surface area contributed by atoms with Crippen LogP contribution < -0.4 is 0 Å². The molecule has 0 amide bonds. The van der Waals surface area contributed by atoms with Crippen LogP contribution in [0.1, 0.15) is 44.6 Å². The zero-order valence-electron chi connectivity index (χ0n) is 9.95. The second-order valence-corrected chi connectivity index (χ2v) is 3.84. The van der Waals surface area contributed by atoms with E-state index in [1.807, 2.05) is 0 Å². The van der Waals surface area contributed by atoms with Crippen molar-refractivity contribution < 1.29 is 0 Å². The van der Waals surface area contributed by atoms with Crippen LogP contribution in [0.4, 0.5) is 0 Å². The van der Waals surface area contributed by atoms with Gasteiger partial charge in [0.25, 0.3) is 0 Å². The Kier molecular flexibility index (Phi) is 8.56. The summed E-state index contributed by atoms with van der Waals surface area (Å²) in [6.45, 7) is 9.10. The highest BCUT2D eigenvalue weighted by molar-refractivity contribution is 5.06. The summed E-state index contributed by atoms with van der Waals surface area (Å²) >= 11 is 0. The van der Waals surface area contributed by atoms with Gasteiger partial charge in [0.15, 0.2) is 0 Å². The minimum Gasteiger partial charge on any atom is -0.354 e. The molecule has 2 heteroatoms. The number of hydrogen-bond acceptors (Lipinski definition) is 1. The summed E-state index contributed by atoms with van der Waals surface area (Å²) < 4.78 is 2.29. The van der Waals surface area contributed by atoms with Gasteiger partial charge in [-0.25, -0.2) is 5.26 Å². The lowest BCUT2D eigenvalue weighted by Crippen LogP contribution is -1.93. The number of hydrogen-bond donors (Lipinski definition) is 0. The Hall–Kier alpha value is -1.23. The molecule has 1 rings (SSSR count). The van der Waals surface area contributed by atoms with Crippen LogP contribution >= 0.6 is 0 Å². The Morgan fingerprint density at radius 3 is 2.40 bits per heavy atom. The molecule has 0 saturated carbocycles. The van der Waals surface area contributed by atoms with Gasteiger partial charge in [-0.2, -0.15) is 0 Å².